The predicted octanol–water partition coefficient (Wildman–Crippen LogP) is 1.94. The van der Waals surface area contributed by atoms with Gasteiger partial charge in [0.15, 0.2) is 0 Å². The van der Waals surface area contributed by atoms with Crippen LogP contribution in [0.5, 0.6) is 0 Å². The molecular weight excluding hydrogens is 464 g/mol. The van der Waals surface area contributed by atoms with Crippen molar-refractivity contribution in [1.82, 2.24) is 16.1 Å². The SMILES string of the molecule is CNC(=O)[C@H](CCCCN)NC(=O)[C@H](CC(C)C)C(CCCc1ccc(C(=O)OC)cc1)C(=O)NO. The van der Waals surface area contributed by atoms with Gasteiger partial charge < -0.3 is 21.1 Å². The summed E-state index contributed by atoms with van der Waals surface area (Å²) in [5.74, 6) is -3.13. The first kappa shape index (κ1) is 31.1. The van der Waals surface area contributed by atoms with Crippen molar-refractivity contribution < 1.29 is 29.1 Å². The minimum Gasteiger partial charge on any atom is -0.465 e. The fourth-order valence-corrected chi connectivity index (χ4v) is 4.23. The van der Waals surface area contributed by atoms with Gasteiger partial charge >= 0.3 is 5.97 Å². The molecule has 36 heavy (non-hydrogen) atoms. The highest BCUT2D eigenvalue weighted by Crippen LogP contribution is 2.27. The van der Waals surface area contributed by atoms with Crippen molar-refractivity contribution in [3.05, 3.63) is 35.4 Å². The third-order valence-electron chi connectivity index (χ3n) is 6.18. The summed E-state index contributed by atoms with van der Waals surface area (Å²) in [6.07, 6.45) is 3.82. The highest BCUT2D eigenvalue weighted by Gasteiger charge is 2.35. The number of aryl methyl sites for hydroxylation is 1. The third-order valence-corrected chi connectivity index (χ3v) is 6.18. The molecule has 3 atom stereocenters. The summed E-state index contributed by atoms with van der Waals surface area (Å²) in [5.41, 5.74) is 8.69. The van der Waals surface area contributed by atoms with Crippen molar-refractivity contribution in [2.24, 2.45) is 23.5 Å². The lowest BCUT2D eigenvalue weighted by Crippen LogP contribution is -2.50. The molecule has 1 aromatic carbocycles. The Labute approximate surface area is 213 Å². The average Bonchev–Trinajstić information content (AvgIpc) is 2.88. The lowest BCUT2D eigenvalue weighted by molar-refractivity contribution is -0.142. The molecule has 0 aliphatic rings. The molecule has 1 aromatic rings. The molecule has 1 rings (SSSR count). The smallest absolute Gasteiger partial charge is 0.337 e. The molecule has 0 radical (unpaired) electrons. The molecule has 0 aliphatic carbocycles. The Morgan fingerprint density at radius 3 is 2.14 bits per heavy atom. The minimum atomic E-state index is -0.777. The first-order valence-electron chi connectivity index (χ1n) is 12.5. The number of hydroxylamine groups is 1. The summed E-state index contributed by atoms with van der Waals surface area (Å²) < 4.78 is 4.71. The van der Waals surface area contributed by atoms with Gasteiger partial charge in [0.1, 0.15) is 6.04 Å². The van der Waals surface area contributed by atoms with Crippen LogP contribution < -0.4 is 21.8 Å². The summed E-state index contributed by atoms with van der Waals surface area (Å²) in [7, 11) is 2.83. The topological polar surface area (TPSA) is 160 Å². The largest absolute Gasteiger partial charge is 0.465 e. The number of unbranched alkanes of at least 4 members (excludes halogenated alkanes) is 1. The molecule has 0 saturated heterocycles. The second kappa shape index (κ2) is 16.6. The molecule has 0 aromatic heterocycles. The van der Waals surface area contributed by atoms with Crippen LogP contribution >= 0.6 is 0 Å². The molecule has 0 spiro atoms. The first-order chi connectivity index (χ1) is 17.2. The summed E-state index contributed by atoms with van der Waals surface area (Å²) in [6, 6.07) is 6.27. The third kappa shape index (κ3) is 10.3. The Hall–Kier alpha value is -2.98. The minimum absolute atomic E-state index is 0.108. The van der Waals surface area contributed by atoms with E-state index in [1.165, 1.54) is 14.2 Å². The van der Waals surface area contributed by atoms with E-state index in [0.717, 1.165) is 12.0 Å². The number of ether oxygens (including phenoxy) is 1. The summed E-state index contributed by atoms with van der Waals surface area (Å²) in [5, 5.41) is 14.8. The number of nitrogens with one attached hydrogen (secondary N) is 3. The van der Waals surface area contributed by atoms with Crippen LogP contribution in [0.15, 0.2) is 24.3 Å². The normalized spacial score (nSPS) is 13.4. The van der Waals surface area contributed by atoms with Gasteiger partial charge in [-0.2, -0.15) is 0 Å². The van der Waals surface area contributed by atoms with Gasteiger partial charge in [0.2, 0.25) is 17.7 Å². The number of hydrogen-bond acceptors (Lipinski definition) is 7. The van der Waals surface area contributed by atoms with E-state index in [-0.39, 0.29) is 17.7 Å². The molecule has 0 bridgehead atoms. The molecule has 10 nitrogen and oxygen atoms in total. The van der Waals surface area contributed by atoms with Crippen LogP contribution in [0, 0.1) is 17.8 Å². The van der Waals surface area contributed by atoms with Crippen LogP contribution in [0.4, 0.5) is 0 Å². The van der Waals surface area contributed by atoms with Crippen LogP contribution in [0.2, 0.25) is 0 Å². The maximum absolute atomic E-state index is 13.3. The number of hydrogen-bond donors (Lipinski definition) is 5. The van der Waals surface area contributed by atoms with Crippen molar-refractivity contribution in [1.29, 1.82) is 0 Å². The second-order valence-corrected chi connectivity index (χ2v) is 9.36. The van der Waals surface area contributed by atoms with E-state index < -0.39 is 29.8 Å². The Morgan fingerprint density at radius 2 is 1.61 bits per heavy atom. The van der Waals surface area contributed by atoms with E-state index in [1.807, 2.05) is 26.0 Å². The van der Waals surface area contributed by atoms with Crippen molar-refractivity contribution in [3.8, 4) is 0 Å². The number of rotatable bonds is 16. The average molecular weight is 507 g/mol. The number of carbonyl (C=O) groups excluding carboxylic acids is 4. The Balaban J connectivity index is 2.98. The first-order valence-corrected chi connectivity index (χ1v) is 12.5. The molecule has 0 fully saturated rings. The van der Waals surface area contributed by atoms with Gasteiger partial charge in [0.25, 0.3) is 0 Å². The van der Waals surface area contributed by atoms with E-state index >= 15 is 0 Å². The lowest BCUT2D eigenvalue weighted by Gasteiger charge is -2.28. The van der Waals surface area contributed by atoms with E-state index in [1.54, 1.807) is 17.6 Å². The zero-order valence-corrected chi connectivity index (χ0v) is 21.8. The van der Waals surface area contributed by atoms with E-state index in [4.69, 9.17) is 10.5 Å². The zero-order chi connectivity index (χ0) is 27.1. The van der Waals surface area contributed by atoms with Gasteiger partial charge in [0.05, 0.1) is 18.6 Å². The van der Waals surface area contributed by atoms with Gasteiger partial charge in [-0.25, -0.2) is 10.3 Å². The predicted molar refractivity (Wildman–Crippen MR) is 136 cm³/mol. The molecule has 0 saturated carbocycles. The van der Waals surface area contributed by atoms with Crippen molar-refractivity contribution in [3.63, 3.8) is 0 Å². The monoisotopic (exact) mass is 506 g/mol. The molecule has 1 unspecified atom stereocenters. The van der Waals surface area contributed by atoms with Crippen molar-refractivity contribution >= 4 is 23.7 Å². The van der Waals surface area contributed by atoms with E-state index in [0.29, 0.717) is 50.6 Å². The highest BCUT2D eigenvalue weighted by atomic mass is 16.5. The molecule has 202 valence electrons. The molecular formula is C26H42N4O6. The summed E-state index contributed by atoms with van der Waals surface area (Å²) in [4.78, 5) is 50.0. The van der Waals surface area contributed by atoms with Crippen LogP contribution in [-0.4, -0.2) is 55.6 Å². The number of nitrogens with two attached hydrogens (primary N) is 1. The Kier molecular flexibility index (Phi) is 14.4. The highest BCUT2D eigenvalue weighted by molar-refractivity contribution is 5.91. The van der Waals surface area contributed by atoms with Gasteiger partial charge in [0, 0.05) is 13.0 Å². The van der Waals surface area contributed by atoms with Crippen LogP contribution in [0.3, 0.4) is 0 Å². The molecule has 3 amide bonds. The van der Waals surface area contributed by atoms with Crippen LogP contribution in [0.25, 0.3) is 0 Å². The quantitative estimate of drug-likeness (QED) is 0.0991. The summed E-state index contributed by atoms with van der Waals surface area (Å²) >= 11 is 0. The maximum atomic E-state index is 13.3. The number of esters is 1. The van der Waals surface area contributed by atoms with Crippen molar-refractivity contribution in [2.45, 2.75) is 64.8 Å². The fourth-order valence-electron chi connectivity index (χ4n) is 4.23. The number of methoxy groups -OCH3 is 1. The number of likely N-dealkylation sites (N-methyl/N-ethyl adjacent to an activating group) is 1. The molecule has 10 heteroatoms. The lowest BCUT2D eigenvalue weighted by atomic mass is 9.80. The Bertz CT molecular complexity index is 843. The number of amides is 3. The van der Waals surface area contributed by atoms with Crippen LogP contribution in [-0.2, 0) is 25.5 Å². The molecule has 0 heterocycles. The van der Waals surface area contributed by atoms with Crippen molar-refractivity contribution in [2.75, 3.05) is 20.7 Å². The number of carbonyl (C=O) groups is 4. The second-order valence-electron chi connectivity index (χ2n) is 9.36. The van der Waals surface area contributed by atoms with E-state index in [9.17, 15) is 24.4 Å². The molecule has 6 N–H and O–H groups in total. The zero-order valence-electron chi connectivity index (χ0n) is 21.8. The Morgan fingerprint density at radius 1 is 0.944 bits per heavy atom. The van der Waals surface area contributed by atoms with E-state index in [2.05, 4.69) is 10.6 Å². The standard InChI is InChI=1S/C26H42N4O6/c1-17(2)16-21(23(31)29-22(25(33)28-3)10-5-6-15-27)20(24(32)30-35)9-7-8-18-11-13-19(14-12-18)26(34)36-4/h11-14,17,20-22,35H,5-10,15-16,27H2,1-4H3,(H,28,33)(H,29,31)(H,30,32)/t20?,21-,22+/m1/s1. The molecule has 0 aliphatic heterocycles. The summed E-state index contributed by atoms with van der Waals surface area (Å²) in [6.45, 7) is 4.40. The fraction of sp³-hybridized carbons (Fsp3) is 0.615. The maximum Gasteiger partial charge on any atom is 0.337 e. The van der Waals surface area contributed by atoms with Gasteiger partial charge in [-0.1, -0.05) is 26.0 Å². The van der Waals surface area contributed by atoms with Gasteiger partial charge in [-0.05, 0) is 75.1 Å². The van der Waals surface area contributed by atoms with Gasteiger partial charge in [-0.3, -0.25) is 19.6 Å². The van der Waals surface area contributed by atoms with Crippen LogP contribution in [0.1, 0.15) is 68.3 Å². The number of benzene rings is 1. The van der Waals surface area contributed by atoms with Gasteiger partial charge in [-0.15, -0.1) is 0 Å².